The Bertz CT molecular complexity index is 671. The number of halogens is 1. The first kappa shape index (κ1) is 14.1. The third kappa shape index (κ3) is 3.24. The van der Waals surface area contributed by atoms with Gasteiger partial charge < -0.3 is 10.0 Å². The number of carbonyl (C=O) groups excluding carboxylic acids is 1. The average molecular weight is 347 g/mol. The number of pyridine rings is 1. The molecule has 4 nitrogen and oxygen atoms in total. The molecule has 3 rings (SSSR count). The quantitative estimate of drug-likeness (QED) is 0.923. The van der Waals surface area contributed by atoms with Crippen molar-refractivity contribution >= 4 is 21.8 Å². The van der Waals surface area contributed by atoms with Crippen LogP contribution in [0.1, 0.15) is 28.8 Å². The van der Waals surface area contributed by atoms with Crippen LogP contribution in [0.5, 0.6) is 5.75 Å². The molecule has 1 aromatic carbocycles. The molecule has 21 heavy (non-hydrogen) atoms. The Morgan fingerprint density at radius 1 is 1.33 bits per heavy atom. The van der Waals surface area contributed by atoms with Crippen LogP contribution < -0.4 is 0 Å². The summed E-state index contributed by atoms with van der Waals surface area (Å²) in [7, 11) is 0. The lowest BCUT2D eigenvalue weighted by molar-refractivity contribution is 0.0728. The van der Waals surface area contributed by atoms with Crippen LogP contribution in [-0.4, -0.2) is 26.9 Å². The van der Waals surface area contributed by atoms with Crippen molar-refractivity contribution in [3.63, 3.8) is 0 Å². The molecule has 0 radical (unpaired) electrons. The molecule has 0 spiro atoms. The second kappa shape index (κ2) is 5.85. The van der Waals surface area contributed by atoms with E-state index in [1.165, 1.54) is 18.5 Å². The Kier molecular flexibility index (Phi) is 3.92. The first-order valence-electron chi connectivity index (χ1n) is 6.83. The van der Waals surface area contributed by atoms with Crippen molar-refractivity contribution in [3.8, 4) is 5.75 Å². The standard InChI is InChI=1S/C16H15BrN2O2/c17-15-4-2-1-3-11(15)10-19(13-5-6-13)16(21)12-7-14(20)9-18-8-12/h1-4,7-9,13,20H,5-6,10H2. The van der Waals surface area contributed by atoms with Gasteiger partial charge in [0.05, 0.1) is 11.8 Å². The highest BCUT2D eigenvalue weighted by molar-refractivity contribution is 9.10. The summed E-state index contributed by atoms with van der Waals surface area (Å²) in [6, 6.07) is 9.65. The lowest BCUT2D eigenvalue weighted by Crippen LogP contribution is -2.32. The molecule has 0 atom stereocenters. The van der Waals surface area contributed by atoms with Crippen molar-refractivity contribution in [3.05, 3.63) is 58.3 Å². The van der Waals surface area contributed by atoms with Gasteiger partial charge in [0, 0.05) is 23.3 Å². The number of nitrogens with zero attached hydrogens (tertiary/aromatic N) is 2. The molecule has 1 saturated carbocycles. The predicted molar refractivity (Wildman–Crippen MR) is 82.9 cm³/mol. The molecular weight excluding hydrogens is 332 g/mol. The van der Waals surface area contributed by atoms with E-state index in [2.05, 4.69) is 20.9 Å². The monoisotopic (exact) mass is 346 g/mol. The summed E-state index contributed by atoms with van der Waals surface area (Å²) in [5.41, 5.74) is 1.50. The first-order chi connectivity index (χ1) is 10.1. The van der Waals surface area contributed by atoms with Crippen LogP contribution in [0.15, 0.2) is 47.2 Å². The second-order valence-electron chi connectivity index (χ2n) is 5.19. The maximum atomic E-state index is 12.7. The summed E-state index contributed by atoms with van der Waals surface area (Å²) in [6.07, 6.45) is 4.88. The zero-order valence-corrected chi connectivity index (χ0v) is 13.0. The highest BCUT2D eigenvalue weighted by atomic mass is 79.9. The third-order valence-corrected chi connectivity index (χ3v) is 4.29. The number of benzene rings is 1. The fourth-order valence-corrected chi connectivity index (χ4v) is 2.68. The SMILES string of the molecule is O=C(c1cncc(O)c1)N(Cc1ccccc1Br)C1CC1. The number of hydrogen-bond acceptors (Lipinski definition) is 3. The van der Waals surface area contributed by atoms with Gasteiger partial charge in [0.15, 0.2) is 0 Å². The van der Waals surface area contributed by atoms with Crippen molar-refractivity contribution in [2.45, 2.75) is 25.4 Å². The van der Waals surface area contributed by atoms with Gasteiger partial charge in [-0.25, -0.2) is 0 Å². The normalized spacial score (nSPS) is 14.0. The molecule has 1 aliphatic rings. The van der Waals surface area contributed by atoms with Gasteiger partial charge in [-0.1, -0.05) is 34.1 Å². The van der Waals surface area contributed by atoms with E-state index in [9.17, 15) is 9.90 Å². The minimum absolute atomic E-state index is 0.0116. The Labute approximate surface area is 131 Å². The lowest BCUT2D eigenvalue weighted by Gasteiger charge is -2.23. The molecule has 1 aromatic heterocycles. The number of carbonyl (C=O) groups is 1. The maximum Gasteiger partial charge on any atom is 0.256 e. The van der Waals surface area contributed by atoms with E-state index in [-0.39, 0.29) is 17.7 Å². The van der Waals surface area contributed by atoms with E-state index in [0.29, 0.717) is 12.1 Å². The van der Waals surface area contributed by atoms with Gasteiger partial charge in [0.1, 0.15) is 5.75 Å². The largest absolute Gasteiger partial charge is 0.506 e. The second-order valence-corrected chi connectivity index (χ2v) is 6.04. The number of rotatable bonds is 4. The molecule has 0 unspecified atom stereocenters. The van der Waals surface area contributed by atoms with Crippen LogP contribution in [-0.2, 0) is 6.54 Å². The van der Waals surface area contributed by atoms with Crippen LogP contribution in [0.2, 0.25) is 0 Å². The first-order valence-corrected chi connectivity index (χ1v) is 7.63. The number of amides is 1. The highest BCUT2D eigenvalue weighted by Gasteiger charge is 2.33. The molecule has 2 aromatic rings. The van der Waals surface area contributed by atoms with Crippen molar-refractivity contribution in [1.29, 1.82) is 0 Å². The highest BCUT2D eigenvalue weighted by Crippen LogP contribution is 2.31. The molecule has 0 bridgehead atoms. The van der Waals surface area contributed by atoms with Crippen molar-refractivity contribution in [2.75, 3.05) is 0 Å². The van der Waals surface area contributed by atoms with E-state index in [1.807, 2.05) is 29.2 Å². The molecule has 1 aliphatic carbocycles. The van der Waals surface area contributed by atoms with Gasteiger partial charge in [-0.05, 0) is 30.5 Å². The topological polar surface area (TPSA) is 53.4 Å². The van der Waals surface area contributed by atoms with E-state index in [4.69, 9.17) is 0 Å². The van der Waals surface area contributed by atoms with Crippen LogP contribution >= 0.6 is 15.9 Å². The third-order valence-electron chi connectivity index (χ3n) is 3.52. The summed E-state index contributed by atoms with van der Waals surface area (Å²) in [5.74, 6) is -0.0749. The van der Waals surface area contributed by atoms with Gasteiger partial charge in [-0.2, -0.15) is 0 Å². The minimum atomic E-state index is -0.0864. The molecule has 0 aliphatic heterocycles. The van der Waals surface area contributed by atoms with E-state index in [1.54, 1.807) is 0 Å². The van der Waals surface area contributed by atoms with E-state index in [0.717, 1.165) is 22.9 Å². The van der Waals surface area contributed by atoms with Gasteiger partial charge in [-0.15, -0.1) is 0 Å². The summed E-state index contributed by atoms with van der Waals surface area (Å²) in [4.78, 5) is 18.4. The Balaban J connectivity index is 1.85. The molecule has 5 heteroatoms. The smallest absolute Gasteiger partial charge is 0.256 e. The molecule has 0 saturated heterocycles. The zero-order valence-electron chi connectivity index (χ0n) is 11.4. The van der Waals surface area contributed by atoms with Crippen LogP contribution in [0.4, 0.5) is 0 Å². The number of aromatic hydroxyl groups is 1. The zero-order chi connectivity index (χ0) is 14.8. The number of hydrogen-bond donors (Lipinski definition) is 1. The van der Waals surface area contributed by atoms with Crippen molar-refractivity contribution < 1.29 is 9.90 Å². The molecule has 1 fully saturated rings. The van der Waals surface area contributed by atoms with Crippen LogP contribution in [0.3, 0.4) is 0 Å². The minimum Gasteiger partial charge on any atom is -0.506 e. The van der Waals surface area contributed by atoms with Crippen molar-refractivity contribution in [1.82, 2.24) is 9.88 Å². The Morgan fingerprint density at radius 2 is 2.10 bits per heavy atom. The predicted octanol–water partition coefficient (Wildman–Crippen LogP) is 3.35. The molecule has 1 N–H and O–H groups in total. The van der Waals surface area contributed by atoms with Gasteiger partial charge in [0.2, 0.25) is 0 Å². The van der Waals surface area contributed by atoms with Crippen molar-refractivity contribution in [2.24, 2.45) is 0 Å². The van der Waals surface area contributed by atoms with E-state index >= 15 is 0 Å². The number of aromatic nitrogens is 1. The fraction of sp³-hybridized carbons (Fsp3) is 0.250. The van der Waals surface area contributed by atoms with Gasteiger partial charge in [0.25, 0.3) is 5.91 Å². The van der Waals surface area contributed by atoms with Gasteiger partial charge >= 0.3 is 0 Å². The van der Waals surface area contributed by atoms with E-state index < -0.39 is 0 Å². The Morgan fingerprint density at radius 3 is 2.76 bits per heavy atom. The summed E-state index contributed by atoms with van der Waals surface area (Å²) in [6.45, 7) is 0.556. The fourth-order valence-electron chi connectivity index (χ4n) is 2.27. The molecule has 1 heterocycles. The van der Waals surface area contributed by atoms with Crippen LogP contribution in [0, 0.1) is 0 Å². The summed E-state index contributed by atoms with van der Waals surface area (Å²) < 4.78 is 0.998. The Hall–Kier alpha value is -1.88. The lowest BCUT2D eigenvalue weighted by atomic mass is 10.2. The maximum absolute atomic E-state index is 12.7. The summed E-state index contributed by atoms with van der Waals surface area (Å²) >= 11 is 3.52. The molecule has 108 valence electrons. The summed E-state index contributed by atoms with van der Waals surface area (Å²) in [5, 5.41) is 9.49. The van der Waals surface area contributed by atoms with Gasteiger partial charge in [-0.3, -0.25) is 9.78 Å². The average Bonchev–Trinajstić information content (AvgIpc) is 3.30. The van der Waals surface area contributed by atoms with Crippen LogP contribution in [0.25, 0.3) is 0 Å². The molecule has 1 amide bonds. The molecular formula is C16H15BrN2O2.